The average Bonchev–Trinajstić information content (AvgIpc) is 3.32. The number of carbonyl (C=O) groups excluding carboxylic acids is 2. The predicted molar refractivity (Wildman–Crippen MR) is 196 cm³/mol. The number of carbonyl (C=O) groups is 2. The summed E-state index contributed by atoms with van der Waals surface area (Å²) in [6, 6.07) is 7.11. The fraction of sp³-hybridized carbons (Fsp3) is 0.622. The molecular formula is C37H59B2N2O8. The van der Waals surface area contributed by atoms with Crippen LogP contribution in [0.4, 0.5) is 0 Å². The first-order valence-electron chi connectivity index (χ1n) is 16.3. The van der Waals surface area contributed by atoms with Crippen LogP contribution in [-0.2, 0) is 34.5 Å². The highest BCUT2D eigenvalue weighted by Gasteiger charge is 2.50. The van der Waals surface area contributed by atoms with Crippen molar-refractivity contribution in [3.05, 3.63) is 65.8 Å². The van der Waals surface area contributed by atoms with Crippen molar-refractivity contribution >= 4 is 32.8 Å². The Hall–Kier alpha value is -3.05. The van der Waals surface area contributed by atoms with Crippen molar-refractivity contribution in [2.24, 2.45) is 0 Å². The van der Waals surface area contributed by atoms with Crippen molar-refractivity contribution in [3.63, 3.8) is 0 Å². The van der Waals surface area contributed by atoms with Crippen molar-refractivity contribution in [2.75, 3.05) is 0 Å². The molecule has 0 amide bonds. The molecule has 49 heavy (non-hydrogen) atoms. The highest BCUT2D eigenvalue weighted by molar-refractivity contribution is 6.45. The molecule has 2 aliphatic heterocycles. The van der Waals surface area contributed by atoms with E-state index in [0.717, 1.165) is 23.9 Å². The van der Waals surface area contributed by atoms with Crippen LogP contribution in [0, 0.1) is 0 Å². The second-order valence-electron chi connectivity index (χ2n) is 15.8. The van der Waals surface area contributed by atoms with E-state index in [0.29, 0.717) is 11.4 Å². The van der Waals surface area contributed by atoms with Crippen LogP contribution in [0.5, 0.6) is 0 Å². The summed E-state index contributed by atoms with van der Waals surface area (Å²) in [7, 11) is 1.17. The summed E-state index contributed by atoms with van der Waals surface area (Å²) in [6.07, 6.45) is 6.34. The van der Waals surface area contributed by atoms with Crippen molar-refractivity contribution in [2.45, 2.75) is 151 Å². The Bertz CT molecular complexity index is 1380. The third-order valence-electron chi connectivity index (χ3n) is 8.17. The van der Waals surface area contributed by atoms with E-state index in [2.05, 4.69) is 16.5 Å². The molecule has 0 aliphatic carbocycles. The van der Waals surface area contributed by atoms with Gasteiger partial charge in [0.1, 0.15) is 22.6 Å². The molecule has 2 saturated heterocycles. The van der Waals surface area contributed by atoms with Gasteiger partial charge in [-0.25, -0.2) is 19.6 Å². The number of esters is 2. The van der Waals surface area contributed by atoms with Gasteiger partial charge in [-0.05, 0) is 145 Å². The smallest absolute Gasteiger partial charge is 0.455 e. The van der Waals surface area contributed by atoms with Crippen molar-refractivity contribution in [3.8, 4) is 0 Å². The van der Waals surface area contributed by atoms with Crippen molar-refractivity contribution in [1.29, 1.82) is 0 Å². The Kier molecular flexibility index (Phi) is 15.1. The van der Waals surface area contributed by atoms with E-state index in [1.165, 1.54) is 7.69 Å². The molecule has 2 fully saturated rings. The van der Waals surface area contributed by atoms with Crippen LogP contribution in [0.3, 0.4) is 0 Å². The van der Waals surface area contributed by atoms with Gasteiger partial charge in [-0.1, -0.05) is 20.1 Å². The van der Waals surface area contributed by atoms with Gasteiger partial charge in [-0.2, -0.15) is 0 Å². The van der Waals surface area contributed by atoms with Gasteiger partial charge >= 0.3 is 26.7 Å². The number of aryl methyl sites for hydroxylation is 1. The first-order valence-corrected chi connectivity index (χ1v) is 16.3. The van der Waals surface area contributed by atoms with Gasteiger partial charge in [0.05, 0.1) is 22.4 Å². The third kappa shape index (κ3) is 13.6. The fourth-order valence-corrected chi connectivity index (χ4v) is 4.00. The van der Waals surface area contributed by atoms with Crippen LogP contribution in [0.25, 0.3) is 6.08 Å². The molecule has 2 aromatic rings. The monoisotopic (exact) mass is 681 g/mol. The van der Waals surface area contributed by atoms with E-state index in [1.807, 2.05) is 103 Å². The fourth-order valence-electron chi connectivity index (χ4n) is 4.00. The topological polar surface area (TPSA) is 115 Å². The van der Waals surface area contributed by atoms with Gasteiger partial charge < -0.3 is 28.1 Å². The molecular weight excluding hydrogens is 622 g/mol. The lowest BCUT2D eigenvalue weighted by Gasteiger charge is -2.32. The molecule has 2 aromatic heterocycles. The molecule has 0 saturated carbocycles. The zero-order valence-corrected chi connectivity index (χ0v) is 31.5. The number of ether oxygens (including phenoxy) is 2. The highest BCUT2D eigenvalue weighted by Crippen LogP contribution is 2.38. The van der Waals surface area contributed by atoms with Crippen LogP contribution < -0.4 is 0 Å². The summed E-state index contributed by atoms with van der Waals surface area (Å²) in [5, 5.41) is 0. The van der Waals surface area contributed by atoms with E-state index in [1.54, 1.807) is 36.7 Å². The minimum absolute atomic E-state index is 0. The number of hydrogen-bond acceptors (Lipinski definition) is 10. The van der Waals surface area contributed by atoms with Crippen LogP contribution in [-0.4, -0.2) is 70.3 Å². The summed E-state index contributed by atoms with van der Waals surface area (Å²) in [5.74, 6) is -0.814. The molecule has 0 spiro atoms. The molecule has 0 bridgehead atoms. The lowest BCUT2D eigenvalue weighted by molar-refractivity contribution is 0.00504. The van der Waals surface area contributed by atoms with Crippen LogP contribution in [0.15, 0.2) is 43.2 Å². The Labute approximate surface area is 296 Å². The van der Waals surface area contributed by atoms with Gasteiger partial charge in [-0.3, -0.25) is 0 Å². The predicted octanol–water partition coefficient (Wildman–Crippen LogP) is 8.11. The maximum absolute atomic E-state index is 12.1. The first kappa shape index (κ1) is 44.0. The van der Waals surface area contributed by atoms with Crippen LogP contribution >= 0.6 is 0 Å². The molecule has 1 radical (unpaired) electrons. The molecule has 4 rings (SSSR count). The third-order valence-corrected chi connectivity index (χ3v) is 8.17. The van der Waals surface area contributed by atoms with Gasteiger partial charge in [0.25, 0.3) is 0 Å². The molecule has 0 atom stereocenters. The number of pyridine rings is 2. The first-order chi connectivity index (χ1) is 21.8. The summed E-state index contributed by atoms with van der Waals surface area (Å²) in [4.78, 5) is 31.8. The minimum atomic E-state index is -0.530. The maximum Gasteiger partial charge on any atom is 0.488 e. The van der Waals surface area contributed by atoms with Gasteiger partial charge in [-0.15, -0.1) is 0 Å². The average molecular weight is 682 g/mol. The van der Waals surface area contributed by atoms with E-state index >= 15 is 0 Å². The molecule has 12 heteroatoms. The molecule has 0 unspecified atom stereocenters. The molecule has 271 valence electrons. The Balaban J connectivity index is 0.000000408. The largest absolute Gasteiger partial charge is 0.488 e. The normalized spacial score (nSPS) is 18.3. The summed E-state index contributed by atoms with van der Waals surface area (Å²) < 4.78 is 33.0. The van der Waals surface area contributed by atoms with Gasteiger partial charge in [0, 0.05) is 12.4 Å². The Morgan fingerprint density at radius 3 is 1.59 bits per heavy atom. The maximum atomic E-state index is 12.1. The van der Waals surface area contributed by atoms with E-state index in [4.69, 9.17) is 28.1 Å². The number of rotatable bonds is 6. The highest BCUT2D eigenvalue weighted by atomic mass is 16.7. The zero-order valence-electron chi connectivity index (χ0n) is 31.5. The number of aromatic nitrogens is 2. The SMILES string of the molecule is C.C=Cc1ccnc(C(=O)OC(C)(C)C)c1.CC(C)(C)OC(=O)c1cc(CCB2OC(C)(C)C(C)(C)O2)ccn1.CC1(C)O[B]OC1(C)C. The van der Waals surface area contributed by atoms with E-state index in [-0.39, 0.29) is 36.9 Å². The van der Waals surface area contributed by atoms with Gasteiger partial charge in [0.2, 0.25) is 0 Å². The molecule has 4 heterocycles. The molecule has 2 aliphatic rings. The second kappa shape index (κ2) is 16.8. The minimum Gasteiger partial charge on any atom is -0.455 e. The Morgan fingerprint density at radius 2 is 1.20 bits per heavy atom. The van der Waals surface area contributed by atoms with Crippen LogP contribution in [0.1, 0.15) is 136 Å². The van der Waals surface area contributed by atoms with Crippen molar-refractivity contribution in [1.82, 2.24) is 9.97 Å². The standard InChI is InChI=1S/C18H28BNO4.C12H15NO2.C6H12BO2.CH4/c1-16(2,3)22-15(21)14-12-13(9-11-20-14)8-10-19-23-17(4,5)18(6,7)24-19;1-5-9-6-7-13-10(8-9)11(14)15-12(2,3)4;1-5(2)6(3,4)9-7-8-5;/h9,11-12H,8,10H2,1-7H3;5-8H,1H2,2-4H3;1-4H3;1H4. The Morgan fingerprint density at radius 1 is 0.776 bits per heavy atom. The summed E-state index contributed by atoms with van der Waals surface area (Å²) >= 11 is 0. The molecule has 10 nitrogen and oxygen atoms in total. The molecule has 0 aromatic carbocycles. The summed E-state index contributed by atoms with van der Waals surface area (Å²) in [6.45, 7) is 30.8. The van der Waals surface area contributed by atoms with Gasteiger partial charge in [0.15, 0.2) is 0 Å². The second-order valence-corrected chi connectivity index (χ2v) is 15.8. The quantitative estimate of drug-likeness (QED) is 0.219. The lowest BCUT2D eigenvalue weighted by atomic mass is 9.81. The summed E-state index contributed by atoms with van der Waals surface area (Å²) in [5.41, 5.74) is 0.459. The number of nitrogens with zero attached hydrogens (tertiary/aromatic N) is 2. The van der Waals surface area contributed by atoms with E-state index < -0.39 is 23.1 Å². The molecule has 0 N–H and O–H groups in total. The number of hydrogen-bond donors (Lipinski definition) is 0. The van der Waals surface area contributed by atoms with Crippen LogP contribution in [0.2, 0.25) is 6.32 Å². The zero-order chi connectivity index (χ0) is 36.8. The lowest BCUT2D eigenvalue weighted by Crippen LogP contribution is -2.41. The van der Waals surface area contributed by atoms with Crippen molar-refractivity contribution < 1.29 is 37.7 Å². The van der Waals surface area contributed by atoms with E-state index in [9.17, 15) is 9.59 Å².